The molecule has 3 N–H and O–H groups in total. The molecular weight excluding hydrogens is 484 g/mol. The minimum absolute atomic E-state index is 0.00751. The van der Waals surface area contributed by atoms with Gasteiger partial charge in [-0.2, -0.15) is 0 Å². The fourth-order valence-corrected chi connectivity index (χ4v) is 3.99. The molecule has 198 valence electrons. The Kier molecular flexibility index (Phi) is 9.84. The second kappa shape index (κ2) is 13.3. The third-order valence-corrected chi connectivity index (χ3v) is 5.61. The maximum Gasteiger partial charge on any atom is 0.407 e. The second-order valence-corrected chi connectivity index (χ2v) is 8.50. The van der Waals surface area contributed by atoms with Crippen molar-refractivity contribution < 1.29 is 43.2 Å². The van der Waals surface area contributed by atoms with Gasteiger partial charge in [0, 0.05) is 13.8 Å². The molecule has 0 unspecified atom stereocenters. The van der Waals surface area contributed by atoms with E-state index < -0.39 is 54.5 Å². The van der Waals surface area contributed by atoms with Crippen LogP contribution in [0.4, 0.5) is 9.59 Å². The van der Waals surface area contributed by atoms with Crippen molar-refractivity contribution in [2.45, 2.75) is 63.9 Å². The number of hydrogen-bond acceptors (Lipinski definition) is 9. The molecule has 1 saturated carbocycles. The third-order valence-electron chi connectivity index (χ3n) is 5.61. The molecule has 37 heavy (non-hydrogen) atoms. The number of rotatable bonds is 8. The van der Waals surface area contributed by atoms with Crippen LogP contribution in [0.15, 0.2) is 60.7 Å². The van der Waals surface area contributed by atoms with Crippen LogP contribution < -0.4 is 10.6 Å². The summed E-state index contributed by atoms with van der Waals surface area (Å²) in [6.07, 6.45) is -5.80. The lowest BCUT2D eigenvalue weighted by molar-refractivity contribution is -0.186. The number of hydrogen-bond donors (Lipinski definition) is 3. The van der Waals surface area contributed by atoms with Crippen LogP contribution in [0, 0.1) is 0 Å². The van der Waals surface area contributed by atoms with Crippen LogP contribution in [0.3, 0.4) is 0 Å². The Labute approximate surface area is 214 Å². The summed E-state index contributed by atoms with van der Waals surface area (Å²) in [5.41, 5.74) is 1.52. The summed E-state index contributed by atoms with van der Waals surface area (Å²) < 4.78 is 21.1. The van der Waals surface area contributed by atoms with E-state index in [0.29, 0.717) is 0 Å². The standard InChI is InChI=1S/C26H30N2O9/c1-16(29)36-23-21(28-26(33)35-15-19-11-7-4-8-12-19)13-20(22(31)24(23)37-17(2)30)27-25(32)34-14-18-9-5-3-6-10-18/h3-12,20-24,31H,13-15H2,1-2H3,(H,27,32)(H,28,33)/t20-,21+,22+,23-,24-/m0/s1. The highest BCUT2D eigenvalue weighted by Gasteiger charge is 2.49. The fraction of sp³-hybridized carbons (Fsp3) is 0.385. The van der Waals surface area contributed by atoms with Gasteiger partial charge in [-0.1, -0.05) is 60.7 Å². The zero-order valence-corrected chi connectivity index (χ0v) is 20.5. The number of aliphatic hydroxyl groups is 1. The van der Waals surface area contributed by atoms with Crippen LogP contribution in [0.25, 0.3) is 0 Å². The van der Waals surface area contributed by atoms with Gasteiger partial charge in [0.15, 0.2) is 12.2 Å². The van der Waals surface area contributed by atoms with Crippen molar-refractivity contribution in [3.63, 3.8) is 0 Å². The summed E-state index contributed by atoms with van der Waals surface area (Å²) in [6.45, 7) is 2.25. The maximum absolute atomic E-state index is 12.6. The first-order valence-corrected chi connectivity index (χ1v) is 11.7. The van der Waals surface area contributed by atoms with Crippen molar-refractivity contribution in [3.05, 3.63) is 71.8 Å². The van der Waals surface area contributed by atoms with Crippen LogP contribution in [0.5, 0.6) is 0 Å². The summed E-state index contributed by atoms with van der Waals surface area (Å²) in [4.78, 5) is 48.6. The van der Waals surface area contributed by atoms with Crippen LogP contribution in [-0.4, -0.2) is 59.6 Å². The van der Waals surface area contributed by atoms with E-state index in [1.54, 1.807) is 48.5 Å². The molecule has 2 amide bonds. The molecule has 2 aromatic rings. The van der Waals surface area contributed by atoms with E-state index in [0.717, 1.165) is 25.0 Å². The van der Waals surface area contributed by atoms with Crippen molar-refractivity contribution in [1.29, 1.82) is 0 Å². The van der Waals surface area contributed by atoms with Crippen LogP contribution >= 0.6 is 0 Å². The number of benzene rings is 2. The van der Waals surface area contributed by atoms with E-state index in [4.69, 9.17) is 18.9 Å². The van der Waals surface area contributed by atoms with E-state index in [1.807, 2.05) is 12.1 Å². The Balaban J connectivity index is 1.71. The molecule has 5 atom stereocenters. The average molecular weight is 515 g/mol. The van der Waals surface area contributed by atoms with Crippen molar-refractivity contribution in [3.8, 4) is 0 Å². The first-order chi connectivity index (χ1) is 17.7. The van der Waals surface area contributed by atoms with Gasteiger partial charge in [0.1, 0.15) is 19.3 Å². The van der Waals surface area contributed by atoms with Gasteiger partial charge in [-0.15, -0.1) is 0 Å². The number of amides is 2. The molecule has 11 heteroatoms. The van der Waals surface area contributed by atoms with Gasteiger partial charge in [-0.25, -0.2) is 9.59 Å². The van der Waals surface area contributed by atoms with Gasteiger partial charge in [0.25, 0.3) is 0 Å². The Bertz CT molecular complexity index is 1060. The van der Waals surface area contributed by atoms with Crippen LogP contribution in [0.1, 0.15) is 31.4 Å². The van der Waals surface area contributed by atoms with E-state index >= 15 is 0 Å². The lowest BCUT2D eigenvalue weighted by Gasteiger charge is -2.43. The number of carbonyl (C=O) groups is 4. The number of ether oxygens (including phenoxy) is 4. The predicted octanol–water partition coefficient (Wildman–Crippen LogP) is 2.20. The summed E-state index contributed by atoms with van der Waals surface area (Å²) in [6, 6.07) is 16.0. The number of nitrogens with one attached hydrogen (secondary N) is 2. The van der Waals surface area contributed by atoms with Crippen molar-refractivity contribution in [2.75, 3.05) is 0 Å². The van der Waals surface area contributed by atoms with Gasteiger partial charge in [-0.05, 0) is 17.5 Å². The highest BCUT2D eigenvalue weighted by molar-refractivity contribution is 5.70. The first-order valence-electron chi connectivity index (χ1n) is 11.7. The Morgan fingerprint density at radius 3 is 1.62 bits per heavy atom. The minimum atomic E-state index is -1.46. The van der Waals surface area contributed by atoms with Crippen molar-refractivity contribution in [1.82, 2.24) is 10.6 Å². The topological polar surface area (TPSA) is 149 Å². The van der Waals surface area contributed by atoms with E-state index in [1.165, 1.54) is 0 Å². The number of alkyl carbamates (subject to hydrolysis) is 2. The highest BCUT2D eigenvalue weighted by Crippen LogP contribution is 2.27. The minimum Gasteiger partial charge on any atom is -0.456 e. The summed E-state index contributed by atoms with van der Waals surface area (Å²) in [5.74, 6) is -1.47. The monoisotopic (exact) mass is 514 g/mol. The molecule has 0 radical (unpaired) electrons. The number of aliphatic hydroxyl groups excluding tert-OH is 1. The van der Waals surface area contributed by atoms with Crippen molar-refractivity contribution in [2.24, 2.45) is 0 Å². The Hall–Kier alpha value is -4.12. The lowest BCUT2D eigenvalue weighted by Crippen LogP contribution is -2.66. The van der Waals surface area contributed by atoms with Crippen molar-refractivity contribution >= 4 is 24.1 Å². The fourth-order valence-electron chi connectivity index (χ4n) is 3.99. The zero-order valence-electron chi connectivity index (χ0n) is 20.5. The van der Waals surface area contributed by atoms with Gasteiger partial charge in [0.2, 0.25) is 0 Å². The van der Waals surface area contributed by atoms with E-state index in [-0.39, 0.29) is 19.6 Å². The van der Waals surface area contributed by atoms with E-state index in [9.17, 15) is 24.3 Å². The van der Waals surface area contributed by atoms with Crippen LogP contribution in [-0.2, 0) is 41.8 Å². The molecule has 0 bridgehead atoms. The molecule has 1 fully saturated rings. The lowest BCUT2D eigenvalue weighted by atomic mass is 9.83. The smallest absolute Gasteiger partial charge is 0.407 e. The number of carbonyl (C=O) groups excluding carboxylic acids is 4. The largest absolute Gasteiger partial charge is 0.456 e. The quantitative estimate of drug-likeness (QED) is 0.356. The highest BCUT2D eigenvalue weighted by atomic mass is 16.6. The third kappa shape index (κ3) is 8.50. The predicted molar refractivity (Wildman–Crippen MR) is 129 cm³/mol. The summed E-state index contributed by atoms with van der Waals surface area (Å²) >= 11 is 0. The number of esters is 2. The SMILES string of the molecule is CC(=O)O[C@@H]1[C@@H](OC(C)=O)[C@H](O)[C@@H](NC(=O)OCc2ccccc2)C[C@H]1NC(=O)OCc1ccccc1. The molecule has 1 aliphatic carbocycles. The molecule has 1 aliphatic rings. The Morgan fingerprint density at radius 2 is 1.16 bits per heavy atom. The molecule has 2 aromatic carbocycles. The summed E-state index contributed by atoms with van der Waals surface area (Å²) in [7, 11) is 0. The molecule has 11 nitrogen and oxygen atoms in total. The second-order valence-electron chi connectivity index (χ2n) is 8.50. The van der Waals surface area contributed by atoms with Crippen LogP contribution in [0.2, 0.25) is 0 Å². The maximum atomic E-state index is 12.6. The molecule has 0 saturated heterocycles. The normalized spacial score (nSPS) is 22.7. The molecule has 0 spiro atoms. The average Bonchev–Trinajstić information content (AvgIpc) is 2.87. The van der Waals surface area contributed by atoms with Gasteiger partial charge >= 0.3 is 24.1 Å². The van der Waals surface area contributed by atoms with Gasteiger partial charge in [-0.3, -0.25) is 9.59 Å². The Morgan fingerprint density at radius 1 is 0.730 bits per heavy atom. The molecule has 0 aliphatic heterocycles. The molecule has 0 aromatic heterocycles. The first kappa shape index (κ1) is 27.5. The van der Waals surface area contributed by atoms with Gasteiger partial charge in [0.05, 0.1) is 12.1 Å². The molecular formula is C26H30N2O9. The molecule has 3 rings (SSSR count). The summed E-state index contributed by atoms with van der Waals surface area (Å²) in [5, 5.41) is 16.1. The van der Waals surface area contributed by atoms with E-state index in [2.05, 4.69) is 10.6 Å². The zero-order chi connectivity index (χ0) is 26.8. The van der Waals surface area contributed by atoms with Gasteiger partial charge < -0.3 is 34.7 Å². The molecule has 0 heterocycles.